The molecule has 2 heterocycles. The Balaban J connectivity index is 0.00000361. The summed E-state index contributed by atoms with van der Waals surface area (Å²) in [7, 11) is 0. The summed E-state index contributed by atoms with van der Waals surface area (Å²) in [6, 6.07) is 16.2. The highest BCUT2D eigenvalue weighted by atomic mass is 35.5. The van der Waals surface area contributed by atoms with Crippen molar-refractivity contribution < 1.29 is 9.59 Å². The molecule has 0 fully saturated rings. The van der Waals surface area contributed by atoms with Gasteiger partial charge in [-0.3, -0.25) is 9.59 Å². The lowest BCUT2D eigenvalue weighted by molar-refractivity contribution is 0.0948. The van der Waals surface area contributed by atoms with E-state index in [0.29, 0.717) is 27.7 Å². The third-order valence-corrected chi connectivity index (χ3v) is 7.21. The standard InChI is InChI=1S/C26H28ClN5O2S.ClH/c1-4-31(5-2)15-14-28-24(33)18-6-10-20(11-7-18)29-25(34)23-16-22-17(3)30-32(26(22)35-23)21-12-8-19(27)9-13-21;/h6-13,16H,4-5,14-15H2,1-3H3,(H,28,33)(H,29,34);1H. The van der Waals surface area contributed by atoms with E-state index in [2.05, 4.69) is 34.5 Å². The topological polar surface area (TPSA) is 79.3 Å². The molecule has 0 aliphatic carbocycles. The van der Waals surface area contributed by atoms with Crippen LogP contribution in [0, 0.1) is 6.92 Å². The minimum Gasteiger partial charge on any atom is -0.351 e. The zero-order valence-corrected chi connectivity index (χ0v) is 22.8. The Labute approximate surface area is 225 Å². The molecule has 2 N–H and O–H groups in total. The minimum atomic E-state index is -0.204. The summed E-state index contributed by atoms with van der Waals surface area (Å²) in [4.78, 5) is 29.1. The number of hydrogen-bond acceptors (Lipinski definition) is 5. The van der Waals surface area contributed by atoms with Gasteiger partial charge in [0, 0.05) is 34.7 Å². The van der Waals surface area contributed by atoms with E-state index in [4.69, 9.17) is 11.6 Å². The zero-order valence-electron chi connectivity index (χ0n) is 20.4. The van der Waals surface area contributed by atoms with Crippen LogP contribution in [0.25, 0.3) is 15.9 Å². The number of rotatable bonds is 9. The van der Waals surface area contributed by atoms with E-state index in [0.717, 1.165) is 41.2 Å². The first-order valence-corrected chi connectivity index (χ1v) is 12.8. The number of thiophene rings is 1. The molecular weight excluding hydrogens is 517 g/mol. The predicted molar refractivity (Wildman–Crippen MR) is 150 cm³/mol. The van der Waals surface area contributed by atoms with Crippen LogP contribution in [0.3, 0.4) is 0 Å². The van der Waals surface area contributed by atoms with Crippen molar-refractivity contribution in [2.75, 3.05) is 31.5 Å². The van der Waals surface area contributed by atoms with E-state index in [1.54, 1.807) is 24.3 Å². The van der Waals surface area contributed by atoms with Gasteiger partial charge in [0.05, 0.1) is 16.3 Å². The van der Waals surface area contributed by atoms with Crippen molar-refractivity contribution in [2.24, 2.45) is 0 Å². The van der Waals surface area contributed by atoms with Crippen molar-refractivity contribution in [3.63, 3.8) is 0 Å². The van der Waals surface area contributed by atoms with Crippen LogP contribution < -0.4 is 10.6 Å². The van der Waals surface area contributed by atoms with Crippen molar-refractivity contribution in [1.29, 1.82) is 0 Å². The Bertz CT molecular complexity index is 1330. The van der Waals surface area contributed by atoms with Crippen LogP contribution in [0.4, 0.5) is 5.69 Å². The third-order valence-electron chi connectivity index (χ3n) is 5.85. The van der Waals surface area contributed by atoms with E-state index in [1.807, 2.05) is 41.9 Å². The van der Waals surface area contributed by atoms with E-state index in [1.165, 1.54) is 11.3 Å². The van der Waals surface area contributed by atoms with Gasteiger partial charge in [-0.05, 0) is 74.6 Å². The van der Waals surface area contributed by atoms with Gasteiger partial charge in [-0.15, -0.1) is 23.7 Å². The van der Waals surface area contributed by atoms with Crippen LogP contribution >= 0.6 is 35.3 Å². The van der Waals surface area contributed by atoms with E-state index < -0.39 is 0 Å². The van der Waals surface area contributed by atoms with Gasteiger partial charge in [-0.2, -0.15) is 5.10 Å². The number of nitrogens with one attached hydrogen (secondary N) is 2. The second-order valence-electron chi connectivity index (χ2n) is 8.12. The second-order valence-corrected chi connectivity index (χ2v) is 9.58. The fourth-order valence-electron chi connectivity index (χ4n) is 3.78. The summed E-state index contributed by atoms with van der Waals surface area (Å²) in [5.74, 6) is -0.327. The molecule has 0 spiro atoms. The lowest BCUT2D eigenvalue weighted by atomic mass is 10.2. The second kappa shape index (κ2) is 12.4. The molecule has 0 bridgehead atoms. The normalized spacial score (nSPS) is 10.9. The van der Waals surface area contributed by atoms with Gasteiger partial charge in [0.2, 0.25) is 0 Å². The monoisotopic (exact) mass is 545 g/mol. The molecule has 2 aromatic carbocycles. The van der Waals surface area contributed by atoms with Gasteiger partial charge in [0.15, 0.2) is 0 Å². The summed E-state index contributed by atoms with van der Waals surface area (Å²) >= 11 is 7.39. The van der Waals surface area contributed by atoms with E-state index in [-0.39, 0.29) is 24.2 Å². The molecule has 4 rings (SSSR count). The highest BCUT2D eigenvalue weighted by molar-refractivity contribution is 7.20. The van der Waals surface area contributed by atoms with Gasteiger partial charge in [-0.1, -0.05) is 25.4 Å². The lowest BCUT2D eigenvalue weighted by Gasteiger charge is -2.17. The number of carbonyl (C=O) groups is 2. The summed E-state index contributed by atoms with van der Waals surface area (Å²) in [6.45, 7) is 9.46. The molecule has 0 atom stereocenters. The number of nitrogens with zero attached hydrogens (tertiary/aromatic N) is 3. The SMILES string of the molecule is CCN(CC)CCNC(=O)c1ccc(NC(=O)c2cc3c(C)nn(-c4ccc(Cl)cc4)c3s2)cc1.Cl. The molecule has 0 unspecified atom stereocenters. The highest BCUT2D eigenvalue weighted by Gasteiger charge is 2.17. The molecule has 36 heavy (non-hydrogen) atoms. The summed E-state index contributed by atoms with van der Waals surface area (Å²) < 4.78 is 1.83. The van der Waals surface area contributed by atoms with Gasteiger partial charge in [0.25, 0.3) is 11.8 Å². The molecule has 0 saturated carbocycles. The summed E-state index contributed by atoms with van der Waals surface area (Å²) in [5.41, 5.74) is 2.92. The number of halogens is 2. The Hall–Kier alpha value is -2.91. The Morgan fingerprint density at radius 2 is 1.69 bits per heavy atom. The van der Waals surface area contributed by atoms with E-state index in [9.17, 15) is 9.59 Å². The molecule has 7 nitrogen and oxygen atoms in total. The van der Waals surface area contributed by atoms with Crippen molar-refractivity contribution in [3.8, 4) is 5.69 Å². The Morgan fingerprint density at radius 3 is 2.33 bits per heavy atom. The molecule has 4 aromatic rings. The minimum absolute atomic E-state index is 0. The molecule has 0 radical (unpaired) electrons. The average Bonchev–Trinajstić information content (AvgIpc) is 3.43. The number of anilines is 1. The van der Waals surface area contributed by atoms with Crippen LogP contribution in [0.1, 0.15) is 39.6 Å². The number of carbonyl (C=O) groups excluding carboxylic acids is 2. The van der Waals surface area contributed by atoms with E-state index >= 15 is 0 Å². The maximum absolute atomic E-state index is 12.9. The largest absolute Gasteiger partial charge is 0.351 e. The first kappa shape index (κ1) is 27.7. The van der Waals surface area contributed by atoms with Crippen LogP contribution in [0.15, 0.2) is 54.6 Å². The van der Waals surface area contributed by atoms with Crippen LogP contribution in [-0.2, 0) is 0 Å². The number of likely N-dealkylation sites (N-methyl/N-ethyl adjacent to an activating group) is 1. The van der Waals surface area contributed by atoms with Gasteiger partial charge in [-0.25, -0.2) is 4.68 Å². The van der Waals surface area contributed by atoms with Crippen molar-refractivity contribution in [3.05, 3.63) is 75.8 Å². The van der Waals surface area contributed by atoms with Gasteiger partial charge >= 0.3 is 0 Å². The first-order chi connectivity index (χ1) is 16.9. The quantitative estimate of drug-likeness (QED) is 0.278. The van der Waals surface area contributed by atoms with Crippen LogP contribution in [0.5, 0.6) is 0 Å². The smallest absolute Gasteiger partial charge is 0.265 e. The molecule has 2 amide bonds. The Morgan fingerprint density at radius 1 is 1.03 bits per heavy atom. The molecule has 0 saturated heterocycles. The summed E-state index contributed by atoms with van der Waals surface area (Å²) in [5, 5.41) is 12.1. The molecule has 10 heteroatoms. The van der Waals surface area contributed by atoms with Crippen molar-refractivity contribution in [2.45, 2.75) is 20.8 Å². The first-order valence-electron chi connectivity index (χ1n) is 11.6. The summed E-state index contributed by atoms with van der Waals surface area (Å²) in [6.07, 6.45) is 0. The molecule has 190 valence electrons. The van der Waals surface area contributed by atoms with Crippen molar-refractivity contribution >= 4 is 63.1 Å². The molecule has 0 aliphatic heterocycles. The predicted octanol–water partition coefficient (Wildman–Crippen LogP) is 5.79. The van der Waals surface area contributed by atoms with Crippen LogP contribution in [0.2, 0.25) is 5.02 Å². The molecular formula is C26H29Cl2N5O2S. The van der Waals surface area contributed by atoms with Gasteiger partial charge < -0.3 is 15.5 Å². The molecule has 0 aliphatic rings. The number of benzene rings is 2. The number of amides is 2. The number of fused-ring (bicyclic) bond motifs is 1. The fourth-order valence-corrected chi connectivity index (χ4v) is 4.99. The average molecular weight is 547 g/mol. The third kappa shape index (κ3) is 6.25. The van der Waals surface area contributed by atoms with Gasteiger partial charge in [0.1, 0.15) is 4.83 Å². The number of aromatic nitrogens is 2. The van der Waals surface area contributed by atoms with Crippen molar-refractivity contribution in [1.82, 2.24) is 20.0 Å². The number of aryl methyl sites for hydroxylation is 1. The van der Waals surface area contributed by atoms with Crippen LogP contribution in [-0.4, -0.2) is 52.7 Å². The molecule has 2 aromatic heterocycles. The fraction of sp³-hybridized carbons (Fsp3) is 0.269. The Kier molecular flexibility index (Phi) is 9.50. The lowest BCUT2D eigenvalue weighted by Crippen LogP contribution is -2.34. The maximum Gasteiger partial charge on any atom is 0.265 e. The maximum atomic E-state index is 12.9. The highest BCUT2D eigenvalue weighted by Crippen LogP contribution is 2.31. The zero-order chi connectivity index (χ0) is 24.9. The number of hydrogen-bond donors (Lipinski definition) is 2.